The van der Waals surface area contributed by atoms with Gasteiger partial charge in [-0.25, -0.2) is 4.98 Å². The number of rotatable bonds is 2. The quantitative estimate of drug-likeness (QED) is 0.925. The molecule has 0 bridgehead atoms. The van der Waals surface area contributed by atoms with Crippen LogP contribution in [0.2, 0.25) is 0 Å². The molecule has 0 radical (unpaired) electrons. The van der Waals surface area contributed by atoms with Crippen molar-refractivity contribution in [2.75, 3.05) is 5.32 Å². The highest BCUT2D eigenvalue weighted by Gasteiger charge is 2.18. The highest BCUT2D eigenvalue weighted by molar-refractivity contribution is 9.10. The molecule has 88 valence electrons. The van der Waals surface area contributed by atoms with E-state index >= 15 is 0 Å². The third-order valence-electron chi connectivity index (χ3n) is 2.25. The van der Waals surface area contributed by atoms with Crippen LogP contribution in [0.3, 0.4) is 0 Å². The number of amides is 1. The number of nitrogens with zero attached hydrogens (tertiary/aromatic N) is 2. The van der Waals surface area contributed by atoms with Gasteiger partial charge in [0.15, 0.2) is 0 Å². The van der Waals surface area contributed by atoms with Crippen molar-refractivity contribution in [3.63, 3.8) is 0 Å². The van der Waals surface area contributed by atoms with Gasteiger partial charge in [-0.1, -0.05) is 5.16 Å². The fraction of sp³-hybridized carbons (Fsp3) is 0.182. The van der Waals surface area contributed by atoms with Crippen LogP contribution >= 0.6 is 15.9 Å². The van der Waals surface area contributed by atoms with E-state index in [9.17, 15) is 4.79 Å². The van der Waals surface area contributed by atoms with Crippen molar-refractivity contribution < 1.29 is 9.32 Å². The second-order valence-electron chi connectivity index (χ2n) is 3.49. The molecule has 0 unspecified atom stereocenters. The predicted octanol–water partition coefficient (Wildman–Crippen LogP) is 2.70. The summed E-state index contributed by atoms with van der Waals surface area (Å²) in [6, 6.07) is 3.57. The van der Waals surface area contributed by atoms with Crippen LogP contribution in [-0.4, -0.2) is 16.0 Å². The molecule has 0 aliphatic carbocycles. The molecule has 1 amide bonds. The highest BCUT2D eigenvalue weighted by atomic mass is 79.9. The first-order valence-electron chi connectivity index (χ1n) is 4.94. The Labute approximate surface area is 106 Å². The summed E-state index contributed by atoms with van der Waals surface area (Å²) in [5, 5.41) is 6.43. The van der Waals surface area contributed by atoms with Gasteiger partial charge in [-0.15, -0.1) is 0 Å². The van der Waals surface area contributed by atoms with Gasteiger partial charge < -0.3 is 9.84 Å². The van der Waals surface area contributed by atoms with Gasteiger partial charge in [-0.3, -0.25) is 4.79 Å². The summed E-state index contributed by atoms with van der Waals surface area (Å²) in [4.78, 5) is 16.1. The first-order chi connectivity index (χ1) is 8.09. The number of hydrogen-bond acceptors (Lipinski definition) is 4. The Kier molecular flexibility index (Phi) is 3.23. The average molecular weight is 296 g/mol. The monoisotopic (exact) mass is 295 g/mol. The Bertz CT molecular complexity index is 546. The summed E-state index contributed by atoms with van der Waals surface area (Å²) >= 11 is 3.31. The molecule has 17 heavy (non-hydrogen) atoms. The molecule has 1 N–H and O–H groups in total. The minimum atomic E-state index is -0.277. The van der Waals surface area contributed by atoms with E-state index < -0.39 is 0 Å². The van der Waals surface area contributed by atoms with E-state index in [0.717, 1.165) is 4.47 Å². The van der Waals surface area contributed by atoms with E-state index in [-0.39, 0.29) is 5.91 Å². The van der Waals surface area contributed by atoms with Gasteiger partial charge >= 0.3 is 0 Å². The molecule has 0 aromatic carbocycles. The molecule has 2 heterocycles. The van der Waals surface area contributed by atoms with E-state index in [4.69, 9.17) is 4.52 Å². The highest BCUT2D eigenvalue weighted by Crippen LogP contribution is 2.20. The lowest BCUT2D eigenvalue weighted by atomic mass is 10.2. The predicted molar refractivity (Wildman–Crippen MR) is 65.9 cm³/mol. The summed E-state index contributed by atoms with van der Waals surface area (Å²) in [5.74, 6) is 0.685. The van der Waals surface area contributed by atoms with Gasteiger partial charge in [0.05, 0.1) is 10.2 Å². The number of halogens is 1. The normalized spacial score (nSPS) is 10.3. The third kappa shape index (κ3) is 2.36. The van der Waals surface area contributed by atoms with Crippen LogP contribution < -0.4 is 5.32 Å². The Morgan fingerprint density at radius 1 is 1.47 bits per heavy atom. The molecule has 5 nitrogen and oxygen atoms in total. The molecule has 0 aliphatic rings. The zero-order chi connectivity index (χ0) is 12.4. The second-order valence-corrected chi connectivity index (χ2v) is 4.34. The third-order valence-corrected chi connectivity index (χ3v) is 2.89. The van der Waals surface area contributed by atoms with Gasteiger partial charge in [-0.05, 0) is 41.9 Å². The summed E-state index contributed by atoms with van der Waals surface area (Å²) in [5.41, 5.74) is 1.01. The molecule has 0 saturated heterocycles. The van der Waals surface area contributed by atoms with Crippen molar-refractivity contribution in [1.82, 2.24) is 10.1 Å². The van der Waals surface area contributed by atoms with Gasteiger partial charge in [0.25, 0.3) is 5.91 Å². The number of aryl methyl sites for hydroxylation is 2. The Hall–Kier alpha value is -1.69. The zero-order valence-electron chi connectivity index (χ0n) is 9.32. The Balaban J connectivity index is 2.27. The van der Waals surface area contributed by atoms with Crippen LogP contribution in [-0.2, 0) is 0 Å². The van der Waals surface area contributed by atoms with E-state index in [2.05, 4.69) is 31.4 Å². The lowest BCUT2D eigenvalue weighted by molar-refractivity contribution is 0.102. The molecule has 0 fully saturated rings. The standard InChI is InChI=1S/C11H10BrN3O2/c1-6-9(7(2)17-15-6)11(16)14-10-8(12)4-3-5-13-10/h3-5H,1-2H3,(H,13,14,16). The Morgan fingerprint density at radius 3 is 2.82 bits per heavy atom. The van der Waals surface area contributed by atoms with Crippen LogP contribution in [0.25, 0.3) is 0 Å². The fourth-order valence-corrected chi connectivity index (χ4v) is 1.81. The molecule has 0 atom stereocenters. The number of aromatic nitrogens is 2. The van der Waals surface area contributed by atoms with Crippen LogP contribution in [0.1, 0.15) is 21.8 Å². The Morgan fingerprint density at radius 2 is 2.24 bits per heavy atom. The van der Waals surface area contributed by atoms with E-state index in [1.165, 1.54) is 0 Å². The number of anilines is 1. The van der Waals surface area contributed by atoms with Crippen molar-refractivity contribution in [2.45, 2.75) is 13.8 Å². The number of carbonyl (C=O) groups excluding carboxylic acids is 1. The number of pyridine rings is 1. The summed E-state index contributed by atoms with van der Waals surface area (Å²) in [7, 11) is 0. The number of nitrogens with one attached hydrogen (secondary N) is 1. The van der Waals surface area contributed by atoms with Gasteiger partial charge in [-0.2, -0.15) is 0 Å². The lowest BCUT2D eigenvalue weighted by Gasteiger charge is -2.05. The van der Waals surface area contributed by atoms with Crippen LogP contribution in [0.4, 0.5) is 5.82 Å². The average Bonchev–Trinajstić information content (AvgIpc) is 2.62. The molecule has 6 heteroatoms. The number of carbonyl (C=O) groups is 1. The molecular formula is C11H10BrN3O2. The summed E-state index contributed by atoms with van der Waals surface area (Å²) in [6.45, 7) is 3.42. The maximum atomic E-state index is 12.0. The SMILES string of the molecule is Cc1noc(C)c1C(=O)Nc1ncccc1Br. The summed E-state index contributed by atoms with van der Waals surface area (Å²) < 4.78 is 5.66. The van der Waals surface area contributed by atoms with Gasteiger partial charge in [0.2, 0.25) is 0 Å². The van der Waals surface area contributed by atoms with Crippen molar-refractivity contribution in [3.8, 4) is 0 Å². The van der Waals surface area contributed by atoms with Crippen LogP contribution in [0, 0.1) is 13.8 Å². The first kappa shape index (κ1) is 11.8. The summed E-state index contributed by atoms with van der Waals surface area (Å²) in [6.07, 6.45) is 1.60. The lowest BCUT2D eigenvalue weighted by Crippen LogP contribution is -2.14. The molecule has 0 spiro atoms. The van der Waals surface area contributed by atoms with Crippen molar-refractivity contribution >= 4 is 27.7 Å². The fourth-order valence-electron chi connectivity index (χ4n) is 1.45. The number of hydrogen-bond donors (Lipinski definition) is 1. The maximum Gasteiger partial charge on any atom is 0.262 e. The van der Waals surface area contributed by atoms with Crippen molar-refractivity contribution in [1.29, 1.82) is 0 Å². The van der Waals surface area contributed by atoms with Gasteiger partial charge in [0.1, 0.15) is 17.1 Å². The molecule has 2 aromatic heterocycles. The van der Waals surface area contributed by atoms with Crippen molar-refractivity contribution in [2.24, 2.45) is 0 Å². The maximum absolute atomic E-state index is 12.0. The molecular weight excluding hydrogens is 286 g/mol. The van der Waals surface area contributed by atoms with E-state index in [1.807, 2.05) is 0 Å². The smallest absolute Gasteiger partial charge is 0.262 e. The van der Waals surface area contributed by atoms with E-state index in [1.54, 1.807) is 32.2 Å². The van der Waals surface area contributed by atoms with Crippen molar-refractivity contribution in [3.05, 3.63) is 39.8 Å². The minimum Gasteiger partial charge on any atom is -0.361 e. The molecule has 2 rings (SSSR count). The molecule has 2 aromatic rings. The largest absolute Gasteiger partial charge is 0.361 e. The molecule has 0 saturated carbocycles. The van der Waals surface area contributed by atoms with Crippen LogP contribution in [0.15, 0.2) is 27.3 Å². The van der Waals surface area contributed by atoms with Gasteiger partial charge in [0, 0.05) is 6.20 Å². The second kappa shape index (κ2) is 4.67. The minimum absolute atomic E-state index is 0.277. The topological polar surface area (TPSA) is 68.0 Å². The zero-order valence-corrected chi connectivity index (χ0v) is 10.9. The molecule has 0 aliphatic heterocycles. The van der Waals surface area contributed by atoms with Crippen LogP contribution in [0.5, 0.6) is 0 Å². The first-order valence-corrected chi connectivity index (χ1v) is 5.73. The van der Waals surface area contributed by atoms with E-state index in [0.29, 0.717) is 22.8 Å².